The fourth-order valence-electron chi connectivity index (χ4n) is 2.46. The molecule has 0 aromatic heterocycles. The van der Waals surface area contributed by atoms with Gasteiger partial charge in [-0.15, -0.1) is 0 Å². The van der Waals surface area contributed by atoms with Gasteiger partial charge in [-0.2, -0.15) is 0 Å². The van der Waals surface area contributed by atoms with Crippen LogP contribution in [-0.4, -0.2) is 13.2 Å². The molecule has 0 unspecified atom stereocenters. The molecule has 0 spiro atoms. The highest BCUT2D eigenvalue weighted by Gasteiger charge is 2.16. The Balaban J connectivity index is 1.78. The van der Waals surface area contributed by atoms with Crippen molar-refractivity contribution in [2.45, 2.75) is 19.9 Å². The Kier molecular flexibility index (Phi) is 4.20. The van der Waals surface area contributed by atoms with E-state index in [1.807, 2.05) is 18.2 Å². The highest BCUT2D eigenvalue weighted by atomic mass is 35.5. The Hall–Kier alpha value is -1.87. The largest absolute Gasteiger partial charge is 0.486 e. The number of para-hydroxylation sites is 1. The van der Waals surface area contributed by atoms with Gasteiger partial charge in [0.15, 0.2) is 11.5 Å². The molecule has 0 radical (unpaired) electrons. The number of nitrogens with one attached hydrogen (secondary N) is 1. The Bertz CT molecular complexity index is 643. The lowest BCUT2D eigenvalue weighted by Crippen LogP contribution is -2.16. The molecule has 3 rings (SSSR count). The zero-order chi connectivity index (χ0) is 14.7. The molecule has 1 aliphatic heterocycles. The second kappa shape index (κ2) is 6.27. The number of hydrogen-bond donors (Lipinski definition) is 1. The van der Waals surface area contributed by atoms with Crippen LogP contribution >= 0.6 is 11.6 Å². The highest BCUT2D eigenvalue weighted by Crippen LogP contribution is 2.38. The quantitative estimate of drug-likeness (QED) is 0.914. The number of anilines is 1. The molecule has 0 aliphatic carbocycles. The number of halogens is 1. The molecule has 1 N–H and O–H groups in total. The van der Waals surface area contributed by atoms with Gasteiger partial charge in [-0.05, 0) is 35.7 Å². The first-order valence-corrected chi connectivity index (χ1v) is 7.55. The fourth-order valence-corrected chi connectivity index (χ4v) is 2.75. The average molecular weight is 304 g/mol. The summed E-state index contributed by atoms with van der Waals surface area (Å²) in [4.78, 5) is 0. The Labute approximate surface area is 129 Å². The van der Waals surface area contributed by atoms with Crippen LogP contribution in [0.25, 0.3) is 0 Å². The van der Waals surface area contributed by atoms with Crippen LogP contribution in [0.3, 0.4) is 0 Å². The van der Waals surface area contributed by atoms with Crippen LogP contribution in [0.1, 0.15) is 18.1 Å². The smallest absolute Gasteiger partial charge is 0.179 e. The van der Waals surface area contributed by atoms with Gasteiger partial charge in [0.2, 0.25) is 0 Å². The summed E-state index contributed by atoms with van der Waals surface area (Å²) in [6, 6.07) is 12.2. The number of hydrogen-bond acceptors (Lipinski definition) is 3. The molecule has 2 aromatic rings. The molecule has 0 atom stereocenters. The molecular weight excluding hydrogens is 286 g/mol. The SMILES string of the molecule is CCc1ccccc1NCc1cc(Cl)c2c(c1)OCCO2. The highest BCUT2D eigenvalue weighted by molar-refractivity contribution is 6.32. The second-order valence-corrected chi connectivity index (χ2v) is 5.37. The normalized spacial score (nSPS) is 13.0. The summed E-state index contributed by atoms with van der Waals surface area (Å²) in [7, 11) is 0. The molecule has 0 fully saturated rings. The maximum absolute atomic E-state index is 6.25. The second-order valence-electron chi connectivity index (χ2n) is 4.97. The summed E-state index contributed by atoms with van der Waals surface area (Å²) >= 11 is 6.25. The van der Waals surface area contributed by atoms with Crippen LogP contribution in [0, 0.1) is 0 Å². The first kappa shape index (κ1) is 14.1. The van der Waals surface area contributed by atoms with E-state index in [1.165, 1.54) is 5.56 Å². The Morgan fingerprint density at radius 3 is 2.81 bits per heavy atom. The number of benzene rings is 2. The van der Waals surface area contributed by atoms with Crippen molar-refractivity contribution < 1.29 is 9.47 Å². The third kappa shape index (κ3) is 3.08. The zero-order valence-corrected chi connectivity index (χ0v) is 12.7. The third-order valence-electron chi connectivity index (χ3n) is 3.54. The van der Waals surface area contributed by atoms with E-state index in [1.54, 1.807) is 0 Å². The van der Waals surface area contributed by atoms with E-state index in [4.69, 9.17) is 21.1 Å². The van der Waals surface area contributed by atoms with E-state index < -0.39 is 0 Å². The van der Waals surface area contributed by atoms with E-state index in [-0.39, 0.29) is 0 Å². The lowest BCUT2D eigenvalue weighted by molar-refractivity contribution is 0.171. The van der Waals surface area contributed by atoms with Crippen LogP contribution in [0.15, 0.2) is 36.4 Å². The van der Waals surface area contributed by atoms with Crippen LogP contribution in [0.4, 0.5) is 5.69 Å². The van der Waals surface area contributed by atoms with Crippen molar-refractivity contribution in [1.29, 1.82) is 0 Å². The maximum atomic E-state index is 6.25. The van der Waals surface area contributed by atoms with E-state index in [0.717, 1.165) is 23.4 Å². The minimum Gasteiger partial charge on any atom is -0.486 e. The van der Waals surface area contributed by atoms with Gasteiger partial charge in [-0.25, -0.2) is 0 Å². The van der Waals surface area contributed by atoms with Gasteiger partial charge in [0.05, 0.1) is 5.02 Å². The molecule has 0 saturated carbocycles. The van der Waals surface area contributed by atoms with Gasteiger partial charge in [0.1, 0.15) is 13.2 Å². The molecular formula is C17H18ClNO2. The maximum Gasteiger partial charge on any atom is 0.179 e. The molecule has 110 valence electrons. The van der Waals surface area contributed by atoms with Crippen molar-refractivity contribution in [2.24, 2.45) is 0 Å². The summed E-state index contributed by atoms with van der Waals surface area (Å²) in [5.41, 5.74) is 3.54. The van der Waals surface area contributed by atoms with Gasteiger partial charge in [0.25, 0.3) is 0 Å². The lowest BCUT2D eigenvalue weighted by atomic mass is 10.1. The van der Waals surface area contributed by atoms with Crippen molar-refractivity contribution in [3.05, 3.63) is 52.5 Å². The standard InChI is InChI=1S/C17H18ClNO2/c1-2-13-5-3-4-6-15(13)19-11-12-9-14(18)17-16(10-12)20-7-8-21-17/h3-6,9-10,19H,2,7-8,11H2,1H3. The number of rotatable bonds is 4. The minimum atomic E-state index is 0.550. The number of ether oxygens (including phenoxy) is 2. The topological polar surface area (TPSA) is 30.5 Å². The monoisotopic (exact) mass is 303 g/mol. The minimum absolute atomic E-state index is 0.550. The summed E-state index contributed by atoms with van der Waals surface area (Å²) in [6.45, 7) is 3.97. The first-order valence-electron chi connectivity index (χ1n) is 7.17. The van der Waals surface area contributed by atoms with E-state index in [0.29, 0.717) is 30.5 Å². The molecule has 0 bridgehead atoms. The first-order chi connectivity index (χ1) is 10.3. The van der Waals surface area contributed by atoms with E-state index >= 15 is 0 Å². The molecule has 0 amide bonds. The van der Waals surface area contributed by atoms with Crippen LogP contribution in [-0.2, 0) is 13.0 Å². The molecule has 1 heterocycles. The number of fused-ring (bicyclic) bond motifs is 1. The Morgan fingerprint density at radius 1 is 1.14 bits per heavy atom. The van der Waals surface area contributed by atoms with Gasteiger partial charge >= 0.3 is 0 Å². The molecule has 3 nitrogen and oxygen atoms in total. The summed E-state index contributed by atoms with van der Waals surface area (Å²) in [5, 5.41) is 4.06. The fraction of sp³-hybridized carbons (Fsp3) is 0.294. The Morgan fingerprint density at radius 2 is 1.95 bits per heavy atom. The molecule has 0 saturated heterocycles. The number of aryl methyl sites for hydroxylation is 1. The lowest BCUT2D eigenvalue weighted by Gasteiger charge is -2.20. The third-order valence-corrected chi connectivity index (χ3v) is 3.82. The van der Waals surface area contributed by atoms with Gasteiger partial charge in [-0.3, -0.25) is 0 Å². The van der Waals surface area contributed by atoms with E-state index in [9.17, 15) is 0 Å². The van der Waals surface area contributed by atoms with Gasteiger partial charge in [0, 0.05) is 12.2 Å². The predicted octanol–water partition coefficient (Wildman–Crippen LogP) is 4.29. The van der Waals surface area contributed by atoms with Crippen LogP contribution < -0.4 is 14.8 Å². The zero-order valence-electron chi connectivity index (χ0n) is 12.0. The summed E-state index contributed by atoms with van der Waals surface area (Å²) in [6.07, 6.45) is 1.01. The summed E-state index contributed by atoms with van der Waals surface area (Å²) < 4.78 is 11.1. The van der Waals surface area contributed by atoms with Crippen molar-refractivity contribution in [1.82, 2.24) is 0 Å². The van der Waals surface area contributed by atoms with Gasteiger partial charge in [-0.1, -0.05) is 36.7 Å². The van der Waals surface area contributed by atoms with Crippen molar-refractivity contribution in [3.8, 4) is 11.5 Å². The molecule has 4 heteroatoms. The molecule has 21 heavy (non-hydrogen) atoms. The van der Waals surface area contributed by atoms with Crippen molar-refractivity contribution in [2.75, 3.05) is 18.5 Å². The van der Waals surface area contributed by atoms with E-state index in [2.05, 4.69) is 30.4 Å². The predicted molar refractivity (Wildman–Crippen MR) is 85.6 cm³/mol. The summed E-state index contributed by atoms with van der Waals surface area (Å²) in [5.74, 6) is 1.38. The van der Waals surface area contributed by atoms with Crippen molar-refractivity contribution in [3.63, 3.8) is 0 Å². The van der Waals surface area contributed by atoms with Crippen molar-refractivity contribution >= 4 is 17.3 Å². The molecule has 1 aliphatic rings. The molecule has 2 aromatic carbocycles. The average Bonchev–Trinajstić information content (AvgIpc) is 2.53. The van der Waals surface area contributed by atoms with Crippen LogP contribution in [0.2, 0.25) is 5.02 Å². The van der Waals surface area contributed by atoms with Crippen LogP contribution in [0.5, 0.6) is 11.5 Å². The van der Waals surface area contributed by atoms with Gasteiger partial charge < -0.3 is 14.8 Å².